The number of amides is 2. The molecule has 0 spiro atoms. The van der Waals surface area contributed by atoms with E-state index in [-0.39, 0.29) is 6.03 Å². The number of anilines is 1. The first-order valence-electron chi connectivity index (χ1n) is 7.76. The minimum Gasteiger partial charge on any atom is -0.385 e. The Morgan fingerprint density at radius 2 is 1.62 bits per heavy atom. The van der Waals surface area contributed by atoms with E-state index in [0.29, 0.717) is 41.7 Å². The van der Waals surface area contributed by atoms with Crippen LogP contribution in [0.15, 0.2) is 48.5 Å². The Balaban J connectivity index is 1.63. The van der Waals surface area contributed by atoms with Crippen LogP contribution in [0.3, 0.4) is 0 Å². The van der Waals surface area contributed by atoms with Crippen molar-refractivity contribution in [1.82, 2.24) is 4.90 Å². The molecule has 4 nitrogen and oxygen atoms in total. The van der Waals surface area contributed by atoms with Gasteiger partial charge in [0.15, 0.2) is 0 Å². The van der Waals surface area contributed by atoms with Gasteiger partial charge in [-0.1, -0.05) is 53.5 Å². The lowest BCUT2D eigenvalue weighted by Crippen LogP contribution is -2.46. The van der Waals surface area contributed by atoms with Crippen LogP contribution in [0.25, 0.3) is 0 Å². The molecule has 24 heavy (non-hydrogen) atoms. The van der Waals surface area contributed by atoms with Gasteiger partial charge in [-0.05, 0) is 36.6 Å². The normalized spacial score (nSPS) is 16.7. The lowest BCUT2D eigenvalue weighted by Gasteiger charge is -2.38. The molecule has 1 fully saturated rings. The van der Waals surface area contributed by atoms with E-state index < -0.39 is 5.60 Å². The van der Waals surface area contributed by atoms with Gasteiger partial charge in [0, 0.05) is 28.8 Å². The number of piperidine rings is 1. The molecule has 1 saturated heterocycles. The highest BCUT2D eigenvalue weighted by molar-refractivity contribution is 6.35. The number of urea groups is 1. The van der Waals surface area contributed by atoms with Crippen LogP contribution in [-0.2, 0) is 5.60 Å². The second-order valence-electron chi connectivity index (χ2n) is 5.97. The van der Waals surface area contributed by atoms with Gasteiger partial charge in [-0.3, -0.25) is 0 Å². The molecule has 0 unspecified atom stereocenters. The Morgan fingerprint density at radius 1 is 1.04 bits per heavy atom. The van der Waals surface area contributed by atoms with Crippen LogP contribution in [0.4, 0.5) is 10.5 Å². The topological polar surface area (TPSA) is 52.6 Å². The van der Waals surface area contributed by atoms with Crippen LogP contribution in [0, 0.1) is 0 Å². The zero-order chi connectivity index (χ0) is 17.2. The van der Waals surface area contributed by atoms with Crippen molar-refractivity contribution in [2.45, 2.75) is 18.4 Å². The minimum absolute atomic E-state index is 0.219. The molecule has 0 saturated carbocycles. The number of halogens is 2. The molecule has 1 aliphatic rings. The van der Waals surface area contributed by atoms with Crippen molar-refractivity contribution in [3.05, 3.63) is 64.1 Å². The lowest BCUT2D eigenvalue weighted by atomic mass is 9.84. The van der Waals surface area contributed by atoms with Crippen LogP contribution in [-0.4, -0.2) is 29.1 Å². The van der Waals surface area contributed by atoms with Gasteiger partial charge >= 0.3 is 6.03 Å². The Kier molecular flexibility index (Phi) is 4.99. The van der Waals surface area contributed by atoms with Gasteiger partial charge in [0.25, 0.3) is 0 Å². The average molecular weight is 365 g/mol. The second kappa shape index (κ2) is 7.01. The highest BCUT2D eigenvalue weighted by Crippen LogP contribution is 2.33. The van der Waals surface area contributed by atoms with Gasteiger partial charge in [-0.2, -0.15) is 0 Å². The Hall–Kier alpha value is -1.75. The van der Waals surface area contributed by atoms with Gasteiger partial charge < -0.3 is 15.3 Å². The molecule has 1 aliphatic heterocycles. The standard InChI is InChI=1S/C18H18Cl2N2O2/c19-14-10-15(20)12-16(11-14)21-17(23)22-8-6-18(24,7-9-22)13-4-2-1-3-5-13/h1-5,10-12,24H,6-9H2,(H,21,23). The van der Waals surface area contributed by atoms with Crippen LogP contribution < -0.4 is 5.32 Å². The molecule has 0 aromatic heterocycles. The molecule has 2 N–H and O–H groups in total. The summed E-state index contributed by atoms with van der Waals surface area (Å²) >= 11 is 11.9. The van der Waals surface area contributed by atoms with E-state index in [1.807, 2.05) is 30.3 Å². The van der Waals surface area contributed by atoms with Gasteiger partial charge in [0.1, 0.15) is 0 Å². The number of hydrogen-bond acceptors (Lipinski definition) is 2. The van der Waals surface area contributed by atoms with Crippen LogP contribution >= 0.6 is 23.2 Å². The minimum atomic E-state index is -0.878. The van der Waals surface area contributed by atoms with Gasteiger partial charge in [-0.15, -0.1) is 0 Å². The smallest absolute Gasteiger partial charge is 0.321 e. The van der Waals surface area contributed by atoms with E-state index in [2.05, 4.69) is 5.32 Å². The summed E-state index contributed by atoms with van der Waals surface area (Å²) in [5.74, 6) is 0. The number of hydrogen-bond donors (Lipinski definition) is 2. The number of aliphatic hydroxyl groups is 1. The van der Waals surface area contributed by atoms with Crippen molar-refractivity contribution in [2.75, 3.05) is 18.4 Å². The molecule has 2 aromatic rings. The van der Waals surface area contributed by atoms with E-state index in [0.717, 1.165) is 5.56 Å². The van der Waals surface area contributed by atoms with Crippen molar-refractivity contribution in [2.24, 2.45) is 0 Å². The monoisotopic (exact) mass is 364 g/mol. The summed E-state index contributed by atoms with van der Waals surface area (Å²) < 4.78 is 0. The number of nitrogens with one attached hydrogen (secondary N) is 1. The lowest BCUT2D eigenvalue weighted by molar-refractivity contribution is -0.0156. The highest BCUT2D eigenvalue weighted by Gasteiger charge is 2.35. The molecule has 0 radical (unpaired) electrons. The average Bonchev–Trinajstić information content (AvgIpc) is 2.55. The van der Waals surface area contributed by atoms with Gasteiger partial charge in [-0.25, -0.2) is 4.79 Å². The maximum absolute atomic E-state index is 12.4. The van der Waals surface area contributed by atoms with E-state index >= 15 is 0 Å². The molecule has 2 aromatic carbocycles. The summed E-state index contributed by atoms with van der Waals surface area (Å²) in [7, 11) is 0. The molecule has 0 atom stereocenters. The summed E-state index contributed by atoms with van der Waals surface area (Å²) in [5, 5.41) is 14.5. The summed E-state index contributed by atoms with van der Waals surface area (Å²) in [6, 6.07) is 14.3. The first-order chi connectivity index (χ1) is 11.5. The van der Waals surface area contributed by atoms with E-state index in [1.54, 1.807) is 23.1 Å². The zero-order valence-corrected chi connectivity index (χ0v) is 14.5. The van der Waals surface area contributed by atoms with E-state index in [9.17, 15) is 9.90 Å². The summed E-state index contributed by atoms with van der Waals surface area (Å²) in [5.41, 5.74) is 0.574. The van der Waals surface area contributed by atoms with Crippen molar-refractivity contribution in [3.63, 3.8) is 0 Å². The maximum atomic E-state index is 12.4. The van der Waals surface area contributed by atoms with Gasteiger partial charge in [0.05, 0.1) is 5.60 Å². The van der Waals surface area contributed by atoms with E-state index in [4.69, 9.17) is 23.2 Å². The number of carbonyl (C=O) groups is 1. The molecular formula is C18H18Cl2N2O2. The third kappa shape index (κ3) is 3.83. The Bertz CT molecular complexity index is 709. The molecular weight excluding hydrogens is 347 g/mol. The van der Waals surface area contributed by atoms with Crippen LogP contribution in [0.5, 0.6) is 0 Å². The third-order valence-electron chi connectivity index (χ3n) is 4.30. The first-order valence-corrected chi connectivity index (χ1v) is 8.52. The first kappa shape index (κ1) is 17.1. The SMILES string of the molecule is O=C(Nc1cc(Cl)cc(Cl)c1)N1CCC(O)(c2ccccc2)CC1. The molecule has 0 bridgehead atoms. The predicted octanol–water partition coefficient (Wildman–Crippen LogP) is 4.51. The maximum Gasteiger partial charge on any atom is 0.321 e. The van der Waals surface area contributed by atoms with Crippen molar-refractivity contribution >= 4 is 34.9 Å². The van der Waals surface area contributed by atoms with Crippen LogP contribution in [0.2, 0.25) is 10.0 Å². The molecule has 1 heterocycles. The Morgan fingerprint density at radius 3 is 2.21 bits per heavy atom. The summed E-state index contributed by atoms with van der Waals surface area (Å²) in [6.07, 6.45) is 1.00. The van der Waals surface area contributed by atoms with E-state index in [1.165, 1.54) is 0 Å². The number of carbonyl (C=O) groups excluding carboxylic acids is 1. The largest absolute Gasteiger partial charge is 0.385 e. The number of rotatable bonds is 2. The molecule has 3 rings (SSSR count). The molecule has 126 valence electrons. The number of likely N-dealkylation sites (tertiary alicyclic amines) is 1. The number of nitrogens with zero attached hydrogens (tertiary/aromatic N) is 1. The number of benzene rings is 2. The quantitative estimate of drug-likeness (QED) is 0.823. The van der Waals surface area contributed by atoms with Gasteiger partial charge in [0.2, 0.25) is 0 Å². The van der Waals surface area contributed by atoms with Crippen molar-refractivity contribution in [3.8, 4) is 0 Å². The summed E-state index contributed by atoms with van der Waals surface area (Å²) in [6.45, 7) is 0.955. The molecule has 6 heteroatoms. The van der Waals surface area contributed by atoms with Crippen LogP contribution in [0.1, 0.15) is 18.4 Å². The van der Waals surface area contributed by atoms with Crippen molar-refractivity contribution < 1.29 is 9.90 Å². The zero-order valence-electron chi connectivity index (χ0n) is 13.0. The fraction of sp³-hybridized carbons (Fsp3) is 0.278. The fourth-order valence-corrected chi connectivity index (χ4v) is 3.47. The highest BCUT2D eigenvalue weighted by atomic mass is 35.5. The Labute approximate surface area is 151 Å². The molecule has 0 aliphatic carbocycles. The predicted molar refractivity (Wildman–Crippen MR) is 96.6 cm³/mol. The third-order valence-corrected chi connectivity index (χ3v) is 4.74. The second-order valence-corrected chi connectivity index (χ2v) is 6.85. The molecule has 2 amide bonds. The van der Waals surface area contributed by atoms with Crippen molar-refractivity contribution in [1.29, 1.82) is 0 Å². The summed E-state index contributed by atoms with van der Waals surface area (Å²) in [4.78, 5) is 14.1. The fourth-order valence-electron chi connectivity index (χ4n) is 2.95.